The molecule has 1 atom stereocenters. The van der Waals surface area contributed by atoms with Gasteiger partial charge in [0.1, 0.15) is 0 Å². The number of likely N-dealkylation sites (tertiary alicyclic amines) is 1. The molecule has 0 spiro atoms. The number of fused-ring (bicyclic) bond motifs is 1. The molecule has 7 heteroatoms. The smallest absolute Gasteiger partial charge is 0.328 e. The molecule has 1 aliphatic heterocycles. The highest BCUT2D eigenvalue weighted by atomic mass is 16.2. The molecule has 7 nitrogen and oxygen atoms in total. The second-order valence-corrected chi connectivity index (χ2v) is 7.99. The summed E-state index contributed by atoms with van der Waals surface area (Å²) in [6.45, 7) is 7.22. The van der Waals surface area contributed by atoms with Crippen LogP contribution in [0.25, 0.3) is 10.9 Å². The molecule has 1 aromatic carbocycles. The summed E-state index contributed by atoms with van der Waals surface area (Å²) in [5.41, 5.74) is 0.133. The summed E-state index contributed by atoms with van der Waals surface area (Å²) < 4.78 is 1.25. The average molecular weight is 401 g/mol. The van der Waals surface area contributed by atoms with Crippen molar-refractivity contribution in [2.45, 2.75) is 65.0 Å². The number of piperidine rings is 1. The number of nitrogens with one attached hydrogen (secondary N) is 2. The van der Waals surface area contributed by atoms with Gasteiger partial charge in [0.2, 0.25) is 0 Å². The molecule has 1 fully saturated rings. The maximum atomic E-state index is 12.6. The summed E-state index contributed by atoms with van der Waals surface area (Å²) in [7, 11) is 0. The van der Waals surface area contributed by atoms with Gasteiger partial charge < -0.3 is 10.3 Å². The highest BCUT2D eigenvalue weighted by Crippen LogP contribution is 2.15. The molecule has 2 aromatic rings. The number of aromatic nitrogens is 2. The van der Waals surface area contributed by atoms with E-state index in [1.165, 1.54) is 23.8 Å². The van der Waals surface area contributed by atoms with E-state index in [1.54, 1.807) is 18.2 Å². The number of carbonyl (C=O) groups is 1. The standard InChI is InChI=1S/C22H32N4O3/c1-3-4-6-13-26-21(28)18-10-9-17(15-19(18)24-22(26)29)20(27)23-11-14-25-12-7-5-8-16(25)2/h9-10,15-16H,3-8,11-14H2,1-2H3,(H,23,27)(H,24,29)/t16-/m1/s1. The highest BCUT2D eigenvalue weighted by Gasteiger charge is 2.18. The fraction of sp³-hybridized carbons (Fsp3) is 0.591. The summed E-state index contributed by atoms with van der Waals surface area (Å²) in [5, 5.41) is 3.38. The van der Waals surface area contributed by atoms with Gasteiger partial charge in [-0.1, -0.05) is 26.2 Å². The third-order valence-electron chi connectivity index (χ3n) is 5.85. The molecule has 1 aromatic heterocycles. The minimum Gasteiger partial charge on any atom is -0.351 e. The van der Waals surface area contributed by atoms with Gasteiger partial charge in [0.15, 0.2) is 0 Å². The second-order valence-electron chi connectivity index (χ2n) is 7.99. The predicted molar refractivity (Wildman–Crippen MR) is 116 cm³/mol. The van der Waals surface area contributed by atoms with Crippen molar-refractivity contribution in [1.82, 2.24) is 19.8 Å². The van der Waals surface area contributed by atoms with Crippen molar-refractivity contribution in [2.75, 3.05) is 19.6 Å². The number of benzene rings is 1. The van der Waals surface area contributed by atoms with Crippen LogP contribution in [0.5, 0.6) is 0 Å². The number of aromatic amines is 1. The lowest BCUT2D eigenvalue weighted by molar-refractivity contribution is 0.0938. The Morgan fingerprint density at radius 3 is 2.79 bits per heavy atom. The van der Waals surface area contributed by atoms with Crippen molar-refractivity contribution in [3.05, 3.63) is 44.6 Å². The van der Waals surface area contributed by atoms with E-state index in [2.05, 4.69) is 29.0 Å². The van der Waals surface area contributed by atoms with Crippen LogP contribution in [0.3, 0.4) is 0 Å². The number of amides is 1. The maximum Gasteiger partial charge on any atom is 0.328 e. The fourth-order valence-corrected chi connectivity index (χ4v) is 4.02. The summed E-state index contributed by atoms with van der Waals surface area (Å²) in [6, 6.07) is 5.43. The number of nitrogens with zero attached hydrogens (tertiary/aromatic N) is 2. The normalized spacial score (nSPS) is 17.5. The number of unbranched alkanes of at least 4 members (excludes halogenated alkanes) is 2. The Morgan fingerprint density at radius 2 is 2.03 bits per heavy atom. The van der Waals surface area contributed by atoms with Crippen LogP contribution < -0.4 is 16.6 Å². The molecule has 2 N–H and O–H groups in total. The van der Waals surface area contributed by atoms with Gasteiger partial charge in [0.05, 0.1) is 10.9 Å². The van der Waals surface area contributed by atoms with Crippen LogP contribution in [0.15, 0.2) is 27.8 Å². The molecular formula is C22H32N4O3. The zero-order valence-electron chi connectivity index (χ0n) is 17.5. The molecule has 0 bridgehead atoms. The molecule has 158 valence electrons. The van der Waals surface area contributed by atoms with Crippen molar-refractivity contribution in [2.24, 2.45) is 0 Å². The van der Waals surface area contributed by atoms with Crippen molar-refractivity contribution in [3.63, 3.8) is 0 Å². The van der Waals surface area contributed by atoms with Crippen LogP contribution in [0, 0.1) is 0 Å². The largest absolute Gasteiger partial charge is 0.351 e. The van der Waals surface area contributed by atoms with Gasteiger partial charge in [-0.25, -0.2) is 4.79 Å². The first-order chi connectivity index (χ1) is 14.0. The lowest BCUT2D eigenvalue weighted by atomic mass is 10.0. The number of hydrogen-bond acceptors (Lipinski definition) is 4. The van der Waals surface area contributed by atoms with Crippen LogP contribution in [-0.4, -0.2) is 46.0 Å². The van der Waals surface area contributed by atoms with E-state index in [1.807, 2.05) is 0 Å². The first-order valence-electron chi connectivity index (χ1n) is 10.8. The molecule has 1 amide bonds. The van der Waals surface area contributed by atoms with E-state index < -0.39 is 5.69 Å². The van der Waals surface area contributed by atoms with E-state index in [4.69, 9.17) is 0 Å². The molecule has 3 rings (SSSR count). The van der Waals surface area contributed by atoms with Gasteiger partial charge in [0, 0.05) is 31.2 Å². The Morgan fingerprint density at radius 1 is 1.21 bits per heavy atom. The van der Waals surface area contributed by atoms with Crippen LogP contribution in [0.2, 0.25) is 0 Å². The highest BCUT2D eigenvalue weighted by molar-refractivity contribution is 5.97. The molecule has 0 saturated carbocycles. The van der Waals surface area contributed by atoms with Gasteiger partial charge in [-0.15, -0.1) is 0 Å². The van der Waals surface area contributed by atoms with E-state index in [0.717, 1.165) is 32.4 Å². The number of H-pyrrole nitrogens is 1. The number of hydrogen-bond donors (Lipinski definition) is 2. The van der Waals surface area contributed by atoms with Crippen molar-refractivity contribution in [3.8, 4) is 0 Å². The predicted octanol–water partition coefficient (Wildman–Crippen LogP) is 2.48. The van der Waals surface area contributed by atoms with Gasteiger partial charge in [0.25, 0.3) is 11.5 Å². The van der Waals surface area contributed by atoms with Gasteiger partial charge in [-0.05, 0) is 50.9 Å². The zero-order valence-corrected chi connectivity index (χ0v) is 17.5. The topological polar surface area (TPSA) is 87.2 Å². The maximum absolute atomic E-state index is 12.6. The van der Waals surface area contributed by atoms with E-state index in [-0.39, 0.29) is 11.5 Å². The molecule has 1 aliphatic rings. The van der Waals surface area contributed by atoms with E-state index in [0.29, 0.717) is 35.6 Å². The summed E-state index contributed by atoms with van der Waals surface area (Å²) in [4.78, 5) is 42.6. The molecule has 29 heavy (non-hydrogen) atoms. The van der Waals surface area contributed by atoms with Crippen LogP contribution >= 0.6 is 0 Å². The van der Waals surface area contributed by atoms with Crippen molar-refractivity contribution in [1.29, 1.82) is 0 Å². The lowest BCUT2D eigenvalue weighted by Gasteiger charge is -2.33. The van der Waals surface area contributed by atoms with Crippen molar-refractivity contribution >= 4 is 16.8 Å². The summed E-state index contributed by atoms with van der Waals surface area (Å²) in [6.07, 6.45) is 6.49. The molecule has 0 radical (unpaired) electrons. The zero-order chi connectivity index (χ0) is 20.8. The number of rotatable bonds is 8. The minimum absolute atomic E-state index is 0.190. The van der Waals surface area contributed by atoms with Crippen LogP contribution in [0.1, 0.15) is 62.7 Å². The molecule has 0 aliphatic carbocycles. The van der Waals surface area contributed by atoms with E-state index >= 15 is 0 Å². The molecule has 2 heterocycles. The summed E-state index contributed by atoms with van der Waals surface area (Å²) >= 11 is 0. The molecule has 1 saturated heterocycles. The quantitative estimate of drug-likeness (QED) is 0.667. The Labute approximate surface area is 171 Å². The van der Waals surface area contributed by atoms with Crippen LogP contribution in [0.4, 0.5) is 0 Å². The van der Waals surface area contributed by atoms with Crippen molar-refractivity contribution < 1.29 is 4.79 Å². The Kier molecular flexibility index (Phi) is 7.25. The van der Waals surface area contributed by atoms with Gasteiger partial charge >= 0.3 is 5.69 Å². The SMILES string of the molecule is CCCCCn1c(=O)[nH]c2cc(C(=O)NCCN3CCCC[C@H]3C)ccc2c1=O. The lowest BCUT2D eigenvalue weighted by Crippen LogP contribution is -2.42. The Bertz CT molecular complexity index is 963. The third kappa shape index (κ3) is 5.15. The first kappa shape index (κ1) is 21.3. The van der Waals surface area contributed by atoms with Gasteiger partial charge in [-0.2, -0.15) is 0 Å². The Balaban J connectivity index is 1.68. The monoisotopic (exact) mass is 400 g/mol. The summed E-state index contributed by atoms with van der Waals surface area (Å²) in [5.74, 6) is -0.190. The average Bonchev–Trinajstić information content (AvgIpc) is 2.71. The molecular weight excluding hydrogens is 368 g/mol. The second kappa shape index (κ2) is 9.87. The molecule has 0 unspecified atom stereocenters. The number of carbonyl (C=O) groups excluding carboxylic acids is 1. The Hall–Kier alpha value is -2.41. The third-order valence-corrected chi connectivity index (χ3v) is 5.85. The van der Waals surface area contributed by atoms with Gasteiger partial charge in [-0.3, -0.25) is 19.1 Å². The first-order valence-corrected chi connectivity index (χ1v) is 10.8. The van der Waals surface area contributed by atoms with E-state index in [9.17, 15) is 14.4 Å². The van der Waals surface area contributed by atoms with Crippen LogP contribution in [-0.2, 0) is 6.54 Å². The fourth-order valence-electron chi connectivity index (χ4n) is 4.02. The minimum atomic E-state index is -0.421.